The van der Waals surface area contributed by atoms with Gasteiger partial charge in [0.25, 0.3) is 0 Å². The molecule has 0 bridgehead atoms. The standard InChI is InChI=1S/C27H31F3N2O3S/c1-25(2,36(35,19-33)23-9-5-7-21(17-23)27(28,29)30)20-10-15-32(16-11-20)24(34)26(12-3-4-13-26)22-8-6-14-31-18-22/h5-9,14,17-18,20H,3-4,10-13,15-16H2,1-2H3. The summed E-state index contributed by atoms with van der Waals surface area (Å²) in [7, 11) is -3.59. The molecule has 1 atom stereocenters. The van der Waals surface area contributed by atoms with Crippen LogP contribution in [0.5, 0.6) is 0 Å². The first kappa shape index (κ1) is 26.4. The van der Waals surface area contributed by atoms with Crippen LogP contribution in [0.2, 0.25) is 0 Å². The topological polar surface area (TPSA) is 67.3 Å². The van der Waals surface area contributed by atoms with Crippen molar-refractivity contribution in [2.45, 2.75) is 73.6 Å². The van der Waals surface area contributed by atoms with Crippen LogP contribution >= 0.6 is 0 Å². The molecule has 0 radical (unpaired) electrons. The van der Waals surface area contributed by atoms with Crippen LogP contribution in [-0.4, -0.2) is 43.1 Å². The summed E-state index contributed by atoms with van der Waals surface area (Å²) in [6.07, 6.45) is 3.33. The van der Waals surface area contributed by atoms with E-state index in [4.69, 9.17) is 0 Å². The Morgan fingerprint density at radius 1 is 1.11 bits per heavy atom. The van der Waals surface area contributed by atoms with E-state index in [0.29, 0.717) is 25.9 Å². The maximum atomic E-state index is 13.9. The summed E-state index contributed by atoms with van der Waals surface area (Å²) in [5.74, 6) is -0.159. The number of aromatic nitrogens is 1. The van der Waals surface area contributed by atoms with Gasteiger partial charge in [-0.3, -0.25) is 14.0 Å². The lowest BCUT2D eigenvalue weighted by Crippen LogP contribution is -2.52. The van der Waals surface area contributed by atoms with Crippen LogP contribution in [0.1, 0.15) is 63.5 Å². The quantitative estimate of drug-likeness (QED) is 0.499. The highest BCUT2D eigenvalue weighted by atomic mass is 32.2. The minimum Gasteiger partial charge on any atom is -0.342 e. The Kier molecular flexibility index (Phi) is 7.10. The third kappa shape index (κ3) is 4.48. The molecular formula is C27H31F3N2O3S. The number of pyridine rings is 1. The van der Waals surface area contributed by atoms with E-state index >= 15 is 0 Å². The number of carbonyl (C=O) groups excluding carboxylic acids is 2. The highest BCUT2D eigenvalue weighted by Crippen LogP contribution is 2.44. The molecule has 0 N–H and O–H groups in total. The smallest absolute Gasteiger partial charge is 0.342 e. The lowest BCUT2D eigenvalue weighted by atomic mass is 9.77. The predicted molar refractivity (Wildman–Crippen MR) is 131 cm³/mol. The maximum Gasteiger partial charge on any atom is 0.416 e. The van der Waals surface area contributed by atoms with E-state index in [-0.39, 0.29) is 16.7 Å². The number of benzene rings is 1. The van der Waals surface area contributed by atoms with Crippen LogP contribution < -0.4 is 0 Å². The largest absolute Gasteiger partial charge is 0.416 e. The zero-order valence-electron chi connectivity index (χ0n) is 20.5. The predicted octanol–water partition coefficient (Wildman–Crippen LogP) is 5.34. The van der Waals surface area contributed by atoms with Crippen molar-refractivity contribution in [3.63, 3.8) is 0 Å². The summed E-state index contributed by atoms with van der Waals surface area (Å²) in [4.78, 5) is 31.7. The van der Waals surface area contributed by atoms with Crippen LogP contribution in [-0.2, 0) is 30.7 Å². The first-order valence-corrected chi connectivity index (χ1v) is 13.8. The molecule has 1 aromatic carbocycles. The first-order chi connectivity index (χ1) is 17.0. The van der Waals surface area contributed by atoms with Gasteiger partial charge in [0.15, 0.2) is 5.23 Å². The van der Waals surface area contributed by atoms with E-state index in [1.54, 1.807) is 31.5 Å². The van der Waals surface area contributed by atoms with E-state index in [2.05, 4.69) is 4.98 Å². The van der Waals surface area contributed by atoms with Crippen molar-refractivity contribution in [2.24, 2.45) is 5.92 Å². The number of rotatable bonds is 5. The zero-order valence-corrected chi connectivity index (χ0v) is 21.3. The minimum atomic E-state index is -4.61. The summed E-state index contributed by atoms with van der Waals surface area (Å²) in [5.41, 5.74) is -0.604. The highest BCUT2D eigenvalue weighted by Gasteiger charge is 2.48. The molecule has 2 heterocycles. The Morgan fingerprint density at radius 2 is 1.78 bits per heavy atom. The fourth-order valence-corrected chi connectivity index (χ4v) is 8.06. The summed E-state index contributed by atoms with van der Waals surface area (Å²) in [6, 6.07) is 7.97. The number of nitrogens with zero attached hydrogens (tertiary/aromatic N) is 2. The van der Waals surface area contributed by atoms with Gasteiger partial charge in [-0.05, 0) is 75.3 Å². The molecule has 2 fully saturated rings. The third-order valence-electron chi connectivity index (χ3n) is 8.20. The van der Waals surface area contributed by atoms with Crippen molar-refractivity contribution in [1.82, 2.24) is 9.88 Å². The number of hydrogen-bond donors (Lipinski definition) is 0. The summed E-state index contributed by atoms with van der Waals surface area (Å²) in [5, 5.41) is 1.64. The van der Waals surface area contributed by atoms with Gasteiger partial charge in [0.05, 0.1) is 25.2 Å². The molecule has 2 aromatic rings. The van der Waals surface area contributed by atoms with Crippen LogP contribution in [0.25, 0.3) is 0 Å². The second kappa shape index (κ2) is 9.67. The first-order valence-electron chi connectivity index (χ1n) is 12.3. The average molecular weight is 521 g/mol. The molecule has 1 saturated heterocycles. The Labute approximate surface area is 210 Å². The van der Waals surface area contributed by atoms with Gasteiger partial charge in [0.2, 0.25) is 5.91 Å². The fraction of sp³-hybridized carbons (Fsp3) is 0.519. The molecule has 2 aliphatic rings. The Bertz CT molecular complexity index is 1250. The minimum absolute atomic E-state index is 0.0739. The molecule has 1 aliphatic carbocycles. The van der Waals surface area contributed by atoms with Gasteiger partial charge in [0, 0.05) is 30.4 Å². The van der Waals surface area contributed by atoms with Crippen LogP contribution in [0.3, 0.4) is 0 Å². The number of carbonyl (C=O) groups is 1. The fourth-order valence-electron chi connectivity index (χ4n) is 5.88. The van der Waals surface area contributed by atoms with E-state index in [9.17, 15) is 27.0 Å². The SMILES string of the molecule is CC(C)(C1CCN(C(=O)C2(c3cccnc3)CCCC2)CC1)S(=O)(=C=O)c1cccc(C(F)(F)F)c1. The number of likely N-dealkylation sites (tertiary alicyclic amines) is 1. The van der Waals surface area contributed by atoms with Gasteiger partial charge < -0.3 is 4.90 Å². The van der Waals surface area contributed by atoms with Crippen molar-refractivity contribution in [3.8, 4) is 0 Å². The normalized spacial score (nSPS) is 20.5. The summed E-state index contributed by atoms with van der Waals surface area (Å²) >= 11 is 0. The van der Waals surface area contributed by atoms with Gasteiger partial charge >= 0.3 is 6.18 Å². The molecule has 0 spiro atoms. The number of hydrogen-bond acceptors (Lipinski definition) is 4. The molecule has 5 nitrogen and oxygen atoms in total. The zero-order chi connectivity index (χ0) is 26.2. The van der Waals surface area contributed by atoms with Crippen molar-refractivity contribution in [2.75, 3.05) is 13.1 Å². The second-order valence-electron chi connectivity index (χ2n) is 10.4. The van der Waals surface area contributed by atoms with Crippen LogP contribution in [0.4, 0.5) is 13.2 Å². The summed E-state index contributed by atoms with van der Waals surface area (Å²) < 4.78 is 52.6. The average Bonchev–Trinajstić information content (AvgIpc) is 3.39. The van der Waals surface area contributed by atoms with Crippen molar-refractivity contribution in [3.05, 3.63) is 59.9 Å². The molecule has 4 rings (SSSR count). The lowest BCUT2D eigenvalue weighted by molar-refractivity contribution is -0.139. The van der Waals surface area contributed by atoms with E-state index in [1.165, 1.54) is 12.1 Å². The van der Waals surface area contributed by atoms with Crippen LogP contribution in [0, 0.1) is 5.92 Å². The molecule has 1 aliphatic heterocycles. The summed E-state index contributed by atoms with van der Waals surface area (Å²) in [6.45, 7) is 4.20. The molecule has 1 amide bonds. The Balaban J connectivity index is 1.55. The Hall–Kier alpha value is -2.64. The molecule has 9 heteroatoms. The molecular weight excluding hydrogens is 489 g/mol. The monoisotopic (exact) mass is 520 g/mol. The highest BCUT2D eigenvalue weighted by molar-refractivity contribution is 8.02. The molecule has 1 unspecified atom stereocenters. The number of alkyl halides is 3. The number of amides is 1. The van der Waals surface area contributed by atoms with E-state index in [0.717, 1.165) is 43.4 Å². The molecule has 194 valence electrons. The van der Waals surface area contributed by atoms with Crippen molar-refractivity contribution in [1.29, 1.82) is 0 Å². The molecule has 1 aromatic heterocycles. The van der Waals surface area contributed by atoms with E-state index in [1.807, 2.05) is 17.0 Å². The van der Waals surface area contributed by atoms with Crippen molar-refractivity contribution < 1.29 is 27.0 Å². The van der Waals surface area contributed by atoms with Crippen molar-refractivity contribution >= 4 is 20.7 Å². The number of piperidine rings is 1. The van der Waals surface area contributed by atoms with Crippen LogP contribution in [0.15, 0.2) is 53.7 Å². The number of halogens is 3. The molecule has 36 heavy (non-hydrogen) atoms. The Morgan fingerprint density at radius 3 is 2.33 bits per heavy atom. The maximum absolute atomic E-state index is 13.9. The van der Waals surface area contributed by atoms with Gasteiger partial charge in [-0.25, -0.2) is 4.79 Å². The van der Waals surface area contributed by atoms with Gasteiger partial charge in [-0.1, -0.05) is 25.0 Å². The second-order valence-corrected chi connectivity index (χ2v) is 13.2. The van der Waals surface area contributed by atoms with Gasteiger partial charge in [-0.15, -0.1) is 0 Å². The third-order valence-corrected chi connectivity index (χ3v) is 11.2. The van der Waals surface area contributed by atoms with E-state index < -0.39 is 31.4 Å². The van der Waals surface area contributed by atoms with Gasteiger partial charge in [-0.2, -0.15) is 13.2 Å². The van der Waals surface area contributed by atoms with Gasteiger partial charge in [0.1, 0.15) is 0 Å². The lowest BCUT2D eigenvalue weighted by Gasteiger charge is -2.43. The molecule has 1 saturated carbocycles.